The van der Waals surface area contributed by atoms with Gasteiger partial charge in [-0.05, 0) is 60.5 Å². The van der Waals surface area contributed by atoms with Gasteiger partial charge in [0.05, 0.1) is 34.5 Å². The number of benzene rings is 3. The number of thiazole rings is 1. The number of methoxy groups -OCH3 is 1. The lowest BCUT2D eigenvalue weighted by Crippen LogP contribution is -2.29. The van der Waals surface area contributed by atoms with Crippen molar-refractivity contribution >= 4 is 50.1 Å². The van der Waals surface area contributed by atoms with Gasteiger partial charge in [-0.3, -0.25) is 14.5 Å². The van der Waals surface area contributed by atoms with Gasteiger partial charge < -0.3 is 19.3 Å². The van der Waals surface area contributed by atoms with E-state index in [9.17, 15) is 19.5 Å². The largest absolute Gasteiger partial charge is 0.507 e. The van der Waals surface area contributed by atoms with E-state index in [-0.39, 0.29) is 11.3 Å². The van der Waals surface area contributed by atoms with Crippen LogP contribution >= 0.6 is 11.3 Å². The van der Waals surface area contributed by atoms with Crippen molar-refractivity contribution in [2.24, 2.45) is 0 Å². The molecule has 0 aliphatic carbocycles. The van der Waals surface area contributed by atoms with E-state index in [0.29, 0.717) is 52.1 Å². The summed E-state index contributed by atoms with van der Waals surface area (Å²) < 4.78 is 16.9. The van der Waals surface area contributed by atoms with Crippen molar-refractivity contribution < 1.29 is 33.7 Å². The van der Waals surface area contributed by atoms with Gasteiger partial charge in [-0.1, -0.05) is 29.5 Å². The highest BCUT2D eigenvalue weighted by Gasteiger charge is 2.48. The Morgan fingerprint density at radius 3 is 2.46 bits per heavy atom. The molecule has 2 aliphatic rings. The van der Waals surface area contributed by atoms with Crippen LogP contribution in [0.15, 0.2) is 66.2 Å². The second kappa shape index (κ2) is 9.55. The van der Waals surface area contributed by atoms with Gasteiger partial charge in [-0.2, -0.15) is 0 Å². The van der Waals surface area contributed by atoms with Crippen molar-refractivity contribution in [3.63, 3.8) is 0 Å². The average Bonchev–Trinajstić information content (AvgIpc) is 3.49. The molecule has 1 saturated heterocycles. The number of rotatable bonds is 4. The van der Waals surface area contributed by atoms with Gasteiger partial charge in [0.1, 0.15) is 19.0 Å². The highest BCUT2D eigenvalue weighted by molar-refractivity contribution is 7.22. The van der Waals surface area contributed by atoms with Crippen molar-refractivity contribution in [1.82, 2.24) is 4.98 Å². The van der Waals surface area contributed by atoms with E-state index in [1.807, 2.05) is 25.1 Å². The van der Waals surface area contributed by atoms with Crippen LogP contribution in [0.4, 0.5) is 5.13 Å². The zero-order valence-corrected chi connectivity index (χ0v) is 21.8. The monoisotopic (exact) mass is 542 g/mol. The molecule has 1 aromatic heterocycles. The molecule has 2 aliphatic heterocycles. The van der Waals surface area contributed by atoms with Crippen molar-refractivity contribution in [3.05, 3.63) is 88.5 Å². The van der Waals surface area contributed by atoms with E-state index >= 15 is 0 Å². The first kappa shape index (κ1) is 24.6. The molecule has 196 valence electrons. The lowest BCUT2D eigenvalue weighted by Gasteiger charge is -2.23. The number of aromatic nitrogens is 1. The summed E-state index contributed by atoms with van der Waals surface area (Å²) in [6, 6.07) is 15.9. The number of aryl methyl sites for hydroxylation is 1. The van der Waals surface area contributed by atoms with Crippen LogP contribution < -0.4 is 14.4 Å². The molecule has 6 rings (SSSR count). The van der Waals surface area contributed by atoms with Crippen LogP contribution in [0.25, 0.3) is 16.0 Å². The number of hydrogen-bond acceptors (Lipinski definition) is 9. The number of Topliss-reactive ketones (excluding diaryl/α,β-unsaturated/α-hetero) is 1. The molecule has 3 aromatic carbocycles. The van der Waals surface area contributed by atoms with E-state index in [2.05, 4.69) is 4.98 Å². The minimum Gasteiger partial charge on any atom is -0.507 e. The number of ketones is 1. The molecule has 1 amide bonds. The molecule has 0 saturated carbocycles. The molecule has 9 nitrogen and oxygen atoms in total. The maximum absolute atomic E-state index is 13.5. The number of carbonyl (C=O) groups excluding carboxylic acids is 3. The Bertz CT molecular complexity index is 1690. The first-order chi connectivity index (χ1) is 18.9. The standard InChI is InChI=1S/C29H22N2O7S/c1-15-3-9-19-22(13-15)39-29(30-19)31-24(16-4-6-17(7-5-16)28(35)36-2)23(26(33)27(31)34)25(32)18-8-10-20-21(14-18)38-12-11-37-20/h3-10,13-14,24,32H,11-12H2,1-2H3/t24-/m1/s1. The van der Waals surface area contributed by atoms with Gasteiger partial charge >= 0.3 is 11.9 Å². The molecule has 0 radical (unpaired) electrons. The summed E-state index contributed by atoms with van der Waals surface area (Å²) in [5, 5.41) is 11.8. The van der Waals surface area contributed by atoms with E-state index < -0.39 is 23.7 Å². The highest BCUT2D eigenvalue weighted by Crippen LogP contribution is 2.45. The lowest BCUT2D eigenvalue weighted by molar-refractivity contribution is -0.132. The van der Waals surface area contributed by atoms with Crippen molar-refractivity contribution in [2.45, 2.75) is 13.0 Å². The van der Waals surface area contributed by atoms with Crippen molar-refractivity contribution in [3.8, 4) is 11.5 Å². The predicted molar refractivity (Wildman–Crippen MR) is 144 cm³/mol. The number of amides is 1. The Morgan fingerprint density at radius 1 is 1.00 bits per heavy atom. The molecule has 3 heterocycles. The number of aliphatic hydroxyl groups excluding tert-OH is 1. The fourth-order valence-electron chi connectivity index (χ4n) is 4.73. The molecule has 0 bridgehead atoms. The number of carbonyl (C=O) groups is 3. The first-order valence-corrected chi connectivity index (χ1v) is 12.9. The number of fused-ring (bicyclic) bond motifs is 2. The summed E-state index contributed by atoms with van der Waals surface area (Å²) in [5.41, 5.74) is 2.74. The smallest absolute Gasteiger partial charge is 0.337 e. The van der Waals surface area contributed by atoms with Gasteiger partial charge in [0.15, 0.2) is 16.6 Å². The Kier molecular flexibility index (Phi) is 6.03. The molecule has 0 unspecified atom stereocenters. The normalized spacial score (nSPS) is 18.0. The fraction of sp³-hybridized carbons (Fsp3) is 0.172. The van der Waals surface area contributed by atoms with Crippen LogP contribution in [0.3, 0.4) is 0 Å². The molecule has 0 spiro atoms. The number of aliphatic hydroxyl groups is 1. The molecule has 4 aromatic rings. The third-order valence-corrected chi connectivity index (χ3v) is 7.66. The Balaban J connectivity index is 1.52. The minimum absolute atomic E-state index is 0.0991. The second-order valence-corrected chi connectivity index (χ2v) is 10.1. The fourth-order valence-corrected chi connectivity index (χ4v) is 5.82. The van der Waals surface area contributed by atoms with Crippen molar-refractivity contribution in [1.29, 1.82) is 0 Å². The third-order valence-electron chi connectivity index (χ3n) is 6.65. The zero-order chi connectivity index (χ0) is 27.3. The van der Waals surface area contributed by atoms with E-state index in [0.717, 1.165) is 10.3 Å². The van der Waals surface area contributed by atoms with E-state index in [1.54, 1.807) is 42.5 Å². The summed E-state index contributed by atoms with van der Waals surface area (Å²) in [6.07, 6.45) is 0. The van der Waals surface area contributed by atoms with Crippen LogP contribution in [0.2, 0.25) is 0 Å². The highest BCUT2D eigenvalue weighted by atomic mass is 32.1. The Hall–Kier alpha value is -4.70. The maximum Gasteiger partial charge on any atom is 0.337 e. The maximum atomic E-state index is 13.5. The number of hydrogen-bond donors (Lipinski definition) is 1. The topological polar surface area (TPSA) is 115 Å². The summed E-state index contributed by atoms with van der Waals surface area (Å²) in [4.78, 5) is 45.0. The van der Waals surface area contributed by atoms with Crippen LogP contribution in [-0.2, 0) is 14.3 Å². The average molecular weight is 543 g/mol. The summed E-state index contributed by atoms with van der Waals surface area (Å²) >= 11 is 1.28. The van der Waals surface area contributed by atoms with E-state index in [1.165, 1.54) is 23.3 Å². The number of nitrogens with zero attached hydrogens (tertiary/aromatic N) is 2. The minimum atomic E-state index is -0.994. The molecular weight excluding hydrogens is 520 g/mol. The number of anilines is 1. The first-order valence-electron chi connectivity index (χ1n) is 12.1. The molecule has 1 atom stereocenters. The quantitative estimate of drug-likeness (QED) is 0.169. The SMILES string of the molecule is COC(=O)c1ccc([C@@H]2C(=C(O)c3ccc4c(c3)OCCO4)C(=O)C(=O)N2c2nc3ccc(C)cc3s2)cc1. The predicted octanol–water partition coefficient (Wildman–Crippen LogP) is 4.79. The van der Waals surface area contributed by atoms with Crippen LogP contribution in [0.1, 0.15) is 33.1 Å². The Morgan fingerprint density at radius 2 is 1.72 bits per heavy atom. The van der Waals surface area contributed by atoms with Gasteiger partial charge in [0.25, 0.3) is 5.78 Å². The Labute approximate surface area is 226 Å². The summed E-state index contributed by atoms with van der Waals surface area (Å²) in [6.45, 7) is 2.72. The number of esters is 1. The van der Waals surface area contributed by atoms with Crippen LogP contribution in [0.5, 0.6) is 11.5 Å². The molecule has 1 N–H and O–H groups in total. The van der Waals surface area contributed by atoms with Gasteiger partial charge in [0, 0.05) is 5.56 Å². The van der Waals surface area contributed by atoms with Gasteiger partial charge in [0.2, 0.25) is 0 Å². The molecule has 39 heavy (non-hydrogen) atoms. The molecular formula is C29H22N2O7S. The molecule has 10 heteroatoms. The summed E-state index contributed by atoms with van der Waals surface area (Å²) in [5.74, 6) is -1.58. The van der Waals surface area contributed by atoms with E-state index in [4.69, 9.17) is 14.2 Å². The molecule has 1 fully saturated rings. The van der Waals surface area contributed by atoms with Crippen molar-refractivity contribution in [2.75, 3.05) is 25.2 Å². The van der Waals surface area contributed by atoms with Gasteiger partial charge in [-0.25, -0.2) is 9.78 Å². The van der Waals surface area contributed by atoms with Crippen LogP contribution in [0, 0.1) is 6.92 Å². The lowest BCUT2D eigenvalue weighted by atomic mass is 9.94. The van der Waals surface area contributed by atoms with Crippen LogP contribution in [-0.4, -0.2) is 48.1 Å². The third kappa shape index (κ3) is 4.18. The second-order valence-electron chi connectivity index (χ2n) is 9.11. The zero-order valence-electron chi connectivity index (χ0n) is 21.0. The van der Waals surface area contributed by atoms with Gasteiger partial charge in [-0.15, -0.1) is 0 Å². The summed E-state index contributed by atoms with van der Waals surface area (Å²) in [7, 11) is 1.29. The number of ether oxygens (including phenoxy) is 3.